The minimum atomic E-state index is -3.65. The number of nitrogens with one attached hydrogen (secondary N) is 1. The molecule has 0 bridgehead atoms. The van der Waals surface area contributed by atoms with Crippen molar-refractivity contribution in [1.82, 2.24) is 9.29 Å². The first-order valence-electron chi connectivity index (χ1n) is 8.52. The van der Waals surface area contributed by atoms with Crippen molar-refractivity contribution in [3.8, 4) is 0 Å². The molecule has 1 aliphatic heterocycles. The Kier molecular flexibility index (Phi) is 4.66. The van der Waals surface area contributed by atoms with Crippen LogP contribution in [0.3, 0.4) is 0 Å². The van der Waals surface area contributed by atoms with Gasteiger partial charge in [-0.2, -0.15) is 12.7 Å². The second-order valence-electron chi connectivity index (χ2n) is 6.48. The molecule has 2 heterocycles. The molecule has 1 aromatic heterocycles. The van der Waals surface area contributed by atoms with Crippen LogP contribution in [0, 0.1) is 0 Å². The monoisotopic (exact) mass is 414 g/mol. The molecule has 0 aliphatic carbocycles. The van der Waals surface area contributed by atoms with Gasteiger partial charge in [0.1, 0.15) is 0 Å². The van der Waals surface area contributed by atoms with Gasteiger partial charge in [-0.3, -0.25) is 9.52 Å². The van der Waals surface area contributed by atoms with Gasteiger partial charge >= 0.3 is 10.2 Å². The number of hydrogen-bond acceptors (Lipinski definition) is 6. The van der Waals surface area contributed by atoms with E-state index in [1.165, 1.54) is 25.4 Å². The Morgan fingerprint density at radius 3 is 2.71 bits per heavy atom. The maximum absolute atomic E-state index is 13.3. The smallest absolute Gasteiger partial charge is 0.301 e. The van der Waals surface area contributed by atoms with Gasteiger partial charge < -0.3 is 4.90 Å². The molecule has 0 unspecified atom stereocenters. The molecule has 0 saturated carbocycles. The summed E-state index contributed by atoms with van der Waals surface area (Å²) in [6.45, 7) is 0.633. The van der Waals surface area contributed by atoms with Gasteiger partial charge in [-0.05, 0) is 23.6 Å². The molecular formula is C19H18N4O3S2. The van der Waals surface area contributed by atoms with E-state index in [4.69, 9.17) is 0 Å². The van der Waals surface area contributed by atoms with Crippen molar-refractivity contribution in [3.63, 3.8) is 0 Å². The highest BCUT2D eigenvalue weighted by molar-refractivity contribution is 7.90. The van der Waals surface area contributed by atoms with E-state index in [1.54, 1.807) is 24.4 Å². The van der Waals surface area contributed by atoms with Crippen molar-refractivity contribution in [2.24, 2.45) is 0 Å². The highest BCUT2D eigenvalue weighted by Crippen LogP contribution is 2.32. The van der Waals surface area contributed by atoms with Crippen LogP contribution in [0.5, 0.6) is 0 Å². The lowest BCUT2D eigenvalue weighted by atomic mass is 10.1. The lowest BCUT2D eigenvalue weighted by Gasteiger charge is -2.23. The maximum atomic E-state index is 13.3. The topological polar surface area (TPSA) is 82.6 Å². The van der Waals surface area contributed by atoms with Gasteiger partial charge in [0.05, 0.1) is 11.4 Å². The second-order valence-corrected chi connectivity index (χ2v) is 9.24. The van der Waals surface area contributed by atoms with Crippen LogP contribution in [0.25, 0.3) is 16.8 Å². The average molecular weight is 415 g/mol. The van der Waals surface area contributed by atoms with E-state index in [2.05, 4.69) is 9.71 Å². The molecule has 0 fully saturated rings. The fourth-order valence-corrected chi connectivity index (χ4v) is 4.30. The van der Waals surface area contributed by atoms with E-state index in [9.17, 15) is 13.2 Å². The lowest BCUT2D eigenvalue weighted by molar-refractivity contribution is 0.527. The number of rotatable bonds is 4. The molecule has 0 saturated heterocycles. The fraction of sp³-hybridized carbons (Fsp3) is 0.158. The van der Waals surface area contributed by atoms with Gasteiger partial charge in [0, 0.05) is 43.2 Å². The van der Waals surface area contributed by atoms with E-state index in [0.717, 1.165) is 20.5 Å². The molecule has 0 atom stereocenters. The summed E-state index contributed by atoms with van der Waals surface area (Å²) in [7, 11) is -0.771. The Labute approximate surface area is 166 Å². The van der Waals surface area contributed by atoms with Crippen LogP contribution in [0.15, 0.2) is 52.8 Å². The van der Waals surface area contributed by atoms with Crippen molar-refractivity contribution < 1.29 is 8.42 Å². The maximum Gasteiger partial charge on any atom is 0.301 e. The highest BCUT2D eigenvalue weighted by atomic mass is 32.2. The predicted octanol–water partition coefficient (Wildman–Crippen LogP) is 3.04. The van der Waals surface area contributed by atoms with E-state index in [-0.39, 0.29) is 5.43 Å². The summed E-state index contributed by atoms with van der Waals surface area (Å²) in [6.07, 6.45) is 5.48. The Morgan fingerprint density at radius 2 is 2.00 bits per heavy atom. The number of thiazole rings is 1. The zero-order valence-electron chi connectivity index (χ0n) is 15.3. The van der Waals surface area contributed by atoms with Crippen molar-refractivity contribution >= 4 is 54.9 Å². The molecule has 1 aliphatic rings. The van der Waals surface area contributed by atoms with Crippen LogP contribution >= 0.6 is 11.3 Å². The summed E-state index contributed by atoms with van der Waals surface area (Å²) in [4.78, 5) is 19.6. The average Bonchev–Trinajstić information content (AvgIpc) is 3.16. The Bertz CT molecular complexity index is 1240. The van der Waals surface area contributed by atoms with Gasteiger partial charge in [-0.15, -0.1) is 11.3 Å². The molecule has 0 spiro atoms. The first kappa shape index (κ1) is 18.6. The fourth-order valence-electron chi connectivity index (χ4n) is 3.02. The number of anilines is 3. The summed E-state index contributed by atoms with van der Waals surface area (Å²) in [6, 6.07) is 8.76. The Morgan fingerprint density at radius 1 is 1.21 bits per heavy atom. The second kappa shape index (κ2) is 7.01. The molecule has 1 N–H and O–H groups in total. The van der Waals surface area contributed by atoms with E-state index < -0.39 is 10.2 Å². The zero-order valence-corrected chi connectivity index (χ0v) is 16.9. The summed E-state index contributed by atoms with van der Waals surface area (Å²) >= 11 is 1.51. The summed E-state index contributed by atoms with van der Waals surface area (Å²) in [5.74, 6) is 0. The minimum Gasteiger partial charge on any atom is -0.313 e. The molecular weight excluding hydrogens is 396 g/mol. The quantitative estimate of drug-likeness (QED) is 0.710. The van der Waals surface area contributed by atoms with E-state index in [0.29, 0.717) is 23.2 Å². The summed E-state index contributed by atoms with van der Waals surface area (Å²) in [5.41, 5.74) is 1.53. The van der Waals surface area contributed by atoms with Gasteiger partial charge in [-0.1, -0.05) is 24.3 Å². The van der Waals surface area contributed by atoms with Crippen LogP contribution in [0.1, 0.15) is 5.56 Å². The van der Waals surface area contributed by atoms with Gasteiger partial charge in [-0.25, -0.2) is 4.98 Å². The molecule has 0 radical (unpaired) electrons. The Hall–Kier alpha value is -2.75. The van der Waals surface area contributed by atoms with E-state index >= 15 is 0 Å². The van der Waals surface area contributed by atoms with Crippen LogP contribution in [0.4, 0.5) is 16.5 Å². The predicted molar refractivity (Wildman–Crippen MR) is 115 cm³/mol. The number of aromatic nitrogens is 1. The third-order valence-corrected chi connectivity index (χ3v) is 6.73. The first-order valence-corrected chi connectivity index (χ1v) is 10.8. The largest absolute Gasteiger partial charge is 0.313 e. The number of hydrogen-bond donors (Lipinski definition) is 1. The van der Waals surface area contributed by atoms with Crippen molar-refractivity contribution in [1.29, 1.82) is 0 Å². The molecule has 144 valence electrons. The zero-order chi connectivity index (χ0) is 19.9. The Balaban J connectivity index is 1.88. The summed E-state index contributed by atoms with van der Waals surface area (Å²) < 4.78 is 27.8. The lowest BCUT2D eigenvalue weighted by Crippen LogP contribution is -2.28. The molecule has 3 aromatic rings. The van der Waals surface area contributed by atoms with Crippen LogP contribution in [-0.4, -0.2) is 38.3 Å². The highest BCUT2D eigenvalue weighted by Gasteiger charge is 2.19. The number of benzene rings is 1. The first-order chi connectivity index (χ1) is 13.4. The molecule has 2 aromatic carbocycles. The molecule has 0 amide bonds. The molecule has 9 heteroatoms. The van der Waals surface area contributed by atoms with Crippen molar-refractivity contribution in [2.75, 3.05) is 30.3 Å². The standard InChI is InChI=1S/C19H18N4O3S2/c1-22(2)28(25,26)21-14-7-5-13-6-8-17-15(18(24)16(13)12-14)4-3-10-23(17)19-20-9-11-27-19/h3-9,11-12,21H,10H2,1-2H3. The van der Waals surface area contributed by atoms with E-state index in [1.807, 2.05) is 34.6 Å². The number of nitrogens with zero attached hydrogens (tertiary/aromatic N) is 3. The van der Waals surface area contributed by atoms with Crippen molar-refractivity contribution in [2.45, 2.75) is 0 Å². The van der Waals surface area contributed by atoms with Crippen LogP contribution in [0.2, 0.25) is 0 Å². The normalized spacial score (nSPS) is 13.8. The van der Waals surface area contributed by atoms with Gasteiger partial charge in [0.2, 0.25) is 0 Å². The molecule has 4 rings (SSSR count). The third-order valence-electron chi connectivity index (χ3n) is 4.48. The minimum absolute atomic E-state index is 0.154. The van der Waals surface area contributed by atoms with Gasteiger partial charge in [0.25, 0.3) is 0 Å². The van der Waals surface area contributed by atoms with Crippen LogP contribution < -0.4 is 15.1 Å². The van der Waals surface area contributed by atoms with Crippen molar-refractivity contribution in [3.05, 3.63) is 63.8 Å². The SMILES string of the molecule is CN(C)S(=O)(=O)Nc1ccc2ccc3c(c(=O)c2c1)C=CCN3c1nccs1. The summed E-state index contributed by atoms with van der Waals surface area (Å²) in [5, 5.41) is 3.90. The van der Waals surface area contributed by atoms with Gasteiger partial charge in [0.15, 0.2) is 10.6 Å². The number of fused-ring (bicyclic) bond motifs is 2. The molecule has 7 nitrogen and oxygen atoms in total. The van der Waals surface area contributed by atoms with Crippen LogP contribution in [-0.2, 0) is 10.2 Å². The third kappa shape index (κ3) is 3.28. The molecule has 28 heavy (non-hydrogen) atoms.